The number of carbonyl (C=O) groups is 1. The molecule has 1 unspecified atom stereocenters. The van der Waals surface area contributed by atoms with Crippen LogP contribution >= 0.6 is 7.82 Å². The first-order valence-electron chi connectivity index (χ1n) is 20.4. The number of phosphoric ester groups is 1. The van der Waals surface area contributed by atoms with E-state index in [9.17, 15) is 19.4 Å². The van der Waals surface area contributed by atoms with Gasteiger partial charge >= 0.3 is 0 Å². The van der Waals surface area contributed by atoms with Gasteiger partial charge in [0.05, 0.1) is 39.9 Å². The molecule has 0 spiro atoms. The van der Waals surface area contributed by atoms with Crippen LogP contribution in [0.3, 0.4) is 0 Å². The van der Waals surface area contributed by atoms with Crippen molar-refractivity contribution < 1.29 is 32.9 Å². The Morgan fingerprint density at radius 3 is 1.42 bits per heavy atom. The number of unbranched alkanes of at least 4 members (excludes halogenated alkanes) is 24. The fourth-order valence-corrected chi connectivity index (χ4v) is 6.76. The van der Waals surface area contributed by atoms with Gasteiger partial charge in [0.1, 0.15) is 13.2 Å². The average Bonchev–Trinajstić information content (AvgIpc) is 3.02. The molecule has 0 aromatic carbocycles. The van der Waals surface area contributed by atoms with E-state index in [0.29, 0.717) is 23.9 Å². The van der Waals surface area contributed by atoms with E-state index in [1.54, 1.807) is 0 Å². The highest BCUT2D eigenvalue weighted by Crippen LogP contribution is 2.38. The Hall–Kier alpha value is -0.500. The van der Waals surface area contributed by atoms with E-state index in [4.69, 9.17) is 9.05 Å². The van der Waals surface area contributed by atoms with E-state index in [2.05, 4.69) is 19.2 Å². The minimum atomic E-state index is -4.55. The highest BCUT2D eigenvalue weighted by molar-refractivity contribution is 7.45. The molecule has 0 aliphatic heterocycles. The van der Waals surface area contributed by atoms with Gasteiger partial charge in [-0.25, -0.2) is 0 Å². The average molecular weight is 705 g/mol. The lowest BCUT2D eigenvalue weighted by atomic mass is 10.0. The number of aliphatic hydroxyl groups excluding tert-OH is 1. The van der Waals surface area contributed by atoms with Crippen molar-refractivity contribution in [1.82, 2.24) is 5.32 Å². The third-order valence-corrected chi connectivity index (χ3v) is 10.3. The van der Waals surface area contributed by atoms with Gasteiger partial charge in [-0.15, -0.1) is 0 Å². The van der Waals surface area contributed by atoms with Crippen LogP contribution in [0.5, 0.6) is 0 Å². The highest BCUT2D eigenvalue weighted by Gasteiger charge is 2.24. The molecule has 0 saturated carbocycles. The number of likely N-dealkylation sites (N-methyl/N-ethyl adjacent to an activating group) is 1. The van der Waals surface area contributed by atoms with Crippen LogP contribution in [0, 0.1) is 0 Å². The summed E-state index contributed by atoms with van der Waals surface area (Å²) in [4.78, 5) is 25.2. The molecule has 0 aromatic heterocycles. The van der Waals surface area contributed by atoms with Crippen molar-refractivity contribution in [2.45, 2.75) is 206 Å². The van der Waals surface area contributed by atoms with Gasteiger partial charge in [-0.2, -0.15) is 0 Å². The maximum absolute atomic E-state index is 12.8. The summed E-state index contributed by atoms with van der Waals surface area (Å²) in [5, 5.41) is 13.8. The van der Waals surface area contributed by atoms with E-state index in [0.717, 1.165) is 38.5 Å². The van der Waals surface area contributed by atoms with Gasteiger partial charge in [0.25, 0.3) is 7.82 Å². The Balaban J connectivity index is 4.30. The monoisotopic (exact) mass is 705 g/mol. The maximum Gasteiger partial charge on any atom is 0.268 e. The summed E-state index contributed by atoms with van der Waals surface area (Å²) in [5.74, 6) is -0.164. The highest BCUT2D eigenvalue weighted by atomic mass is 31.2. The number of hydrogen-bond donors (Lipinski definition) is 2. The van der Waals surface area contributed by atoms with Crippen LogP contribution in [0.1, 0.15) is 194 Å². The molecule has 0 heterocycles. The molecule has 1 amide bonds. The van der Waals surface area contributed by atoms with Crippen molar-refractivity contribution in [3.8, 4) is 0 Å². The Labute approximate surface area is 298 Å². The number of hydrogen-bond acceptors (Lipinski definition) is 6. The first kappa shape index (κ1) is 47.5. The van der Waals surface area contributed by atoms with Gasteiger partial charge in [-0.05, 0) is 12.8 Å². The third-order valence-electron chi connectivity index (χ3n) is 9.35. The summed E-state index contributed by atoms with van der Waals surface area (Å²) < 4.78 is 23.1. The number of nitrogens with zero attached hydrogens (tertiary/aromatic N) is 1. The van der Waals surface area contributed by atoms with Crippen molar-refractivity contribution in [3.63, 3.8) is 0 Å². The van der Waals surface area contributed by atoms with E-state index >= 15 is 0 Å². The number of amides is 1. The molecule has 2 N–H and O–H groups in total. The van der Waals surface area contributed by atoms with Gasteiger partial charge < -0.3 is 28.8 Å². The number of carbonyl (C=O) groups excluding carboxylic acids is 1. The summed E-state index contributed by atoms with van der Waals surface area (Å²) in [7, 11) is 1.31. The SMILES string of the molecule is CCCCCCCCCCCCCCCCCCCC(=O)N[C@@H](COP(=O)([O-])OCC[N+](C)(C)C)[C@H](O)CCCCCCCCCCC. The summed E-state index contributed by atoms with van der Waals surface area (Å²) in [6.07, 6.45) is 32.5. The second-order valence-corrected chi connectivity index (χ2v) is 16.8. The molecule has 0 bridgehead atoms. The fraction of sp³-hybridized carbons (Fsp3) is 0.974. The van der Waals surface area contributed by atoms with E-state index in [-0.39, 0.29) is 19.1 Å². The minimum absolute atomic E-state index is 0.0155. The van der Waals surface area contributed by atoms with Crippen molar-refractivity contribution in [2.75, 3.05) is 40.9 Å². The summed E-state index contributed by atoms with van der Waals surface area (Å²) in [6.45, 7) is 4.70. The number of aliphatic hydroxyl groups is 1. The lowest BCUT2D eigenvalue weighted by Crippen LogP contribution is -2.46. The molecule has 288 valence electrons. The van der Waals surface area contributed by atoms with E-state index < -0.39 is 20.0 Å². The van der Waals surface area contributed by atoms with Crippen LogP contribution in [0.4, 0.5) is 0 Å². The zero-order valence-corrected chi connectivity index (χ0v) is 33.4. The number of phosphoric acid groups is 1. The Morgan fingerprint density at radius 1 is 0.646 bits per heavy atom. The van der Waals surface area contributed by atoms with Gasteiger partial charge in [0.2, 0.25) is 5.91 Å². The van der Waals surface area contributed by atoms with Crippen LogP contribution in [0.15, 0.2) is 0 Å². The minimum Gasteiger partial charge on any atom is -0.756 e. The maximum atomic E-state index is 12.8. The van der Waals surface area contributed by atoms with Gasteiger partial charge in [0, 0.05) is 6.42 Å². The van der Waals surface area contributed by atoms with Crippen LogP contribution in [-0.2, 0) is 18.4 Å². The van der Waals surface area contributed by atoms with Crippen molar-refractivity contribution in [3.05, 3.63) is 0 Å². The quantitative estimate of drug-likeness (QED) is 0.0379. The fourth-order valence-electron chi connectivity index (χ4n) is 6.04. The molecule has 0 radical (unpaired) electrons. The number of rotatable bonds is 37. The molecule has 9 heteroatoms. The zero-order valence-electron chi connectivity index (χ0n) is 32.5. The Kier molecular flexibility index (Phi) is 32.1. The standard InChI is InChI=1S/C39H81N2O6P/c1-6-8-10-12-14-16-17-18-19-20-21-22-23-25-27-29-31-33-39(43)40-37(36-47-48(44,45)46-35-34-41(3,4)5)38(42)32-30-28-26-24-15-13-11-9-7-2/h37-38,42H,6-36H2,1-5H3,(H-,40,43,44,45)/t37-,38+/m0/s1. The number of nitrogens with one attached hydrogen (secondary N) is 1. The van der Waals surface area contributed by atoms with Gasteiger partial charge in [-0.1, -0.05) is 174 Å². The topological polar surface area (TPSA) is 108 Å². The Bertz CT molecular complexity index is 763. The first-order chi connectivity index (χ1) is 23.0. The third kappa shape index (κ3) is 34.0. The molecule has 8 nitrogen and oxygen atoms in total. The normalized spacial score (nSPS) is 14.6. The summed E-state index contributed by atoms with van der Waals surface area (Å²) in [6, 6.07) is -0.790. The molecule has 0 fully saturated rings. The second-order valence-electron chi connectivity index (χ2n) is 15.4. The van der Waals surface area contributed by atoms with Gasteiger partial charge in [-0.3, -0.25) is 9.36 Å². The molecular formula is C39H81N2O6P. The van der Waals surface area contributed by atoms with Crippen molar-refractivity contribution >= 4 is 13.7 Å². The molecule has 48 heavy (non-hydrogen) atoms. The largest absolute Gasteiger partial charge is 0.756 e. The smallest absolute Gasteiger partial charge is 0.268 e. The van der Waals surface area contributed by atoms with E-state index in [1.165, 1.54) is 128 Å². The molecule has 0 aromatic rings. The molecule has 3 atom stereocenters. The zero-order chi connectivity index (χ0) is 35.8. The lowest BCUT2D eigenvalue weighted by Gasteiger charge is -2.30. The first-order valence-corrected chi connectivity index (χ1v) is 21.8. The summed E-state index contributed by atoms with van der Waals surface area (Å²) >= 11 is 0. The lowest BCUT2D eigenvalue weighted by molar-refractivity contribution is -0.870. The van der Waals surface area contributed by atoms with Crippen LogP contribution in [-0.4, -0.2) is 68.5 Å². The molecule has 0 saturated heterocycles. The van der Waals surface area contributed by atoms with E-state index in [1.807, 2.05) is 21.1 Å². The van der Waals surface area contributed by atoms with Crippen LogP contribution < -0.4 is 10.2 Å². The van der Waals surface area contributed by atoms with Crippen LogP contribution in [0.25, 0.3) is 0 Å². The number of quaternary nitrogens is 1. The predicted molar refractivity (Wildman–Crippen MR) is 201 cm³/mol. The Morgan fingerprint density at radius 2 is 1.02 bits per heavy atom. The second kappa shape index (κ2) is 32.4. The molecule has 0 aliphatic carbocycles. The van der Waals surface area contributed by atoms with Gasteiger partial charge in [0.15, 0.2) is 0 Å². The van der Waals surface area contributed by atoms with Crippen molar-refractivity contribution in [2.24, 2.45) is 0 Å². The van der Waals surface area contributed by atoms with Crippen LogP contribution in [0.2, 0.25) is 0 Å². The molecular weight excluding hydrogens is 623 g/mol. The summed E-state index contributed by atoms with van der Waals surface area (Å²) in [5.41, 5.74) is 0. The van der Waals surface area contributed by atoms with Crippen molar-refractivity contribution in [1.29, 1.82) is 0 Å². The predicted octanol–water partition coefficient (Wildman–Crippen LogP) is 10.0. The molecule has 0 rings (SSSR count). The molecule has 0 aliphatic rings.